The molecule has 5 heteroatoms. The van der Waals surface area contributed by atoms with Gasteiger partial charge in [0.15, 0.2) is 0 Å². The van der Waals surface area contributed by atoms with E-state index >= 15 is 0 Å². The Hall–Kier alpha value is -2.04. The molecule has 2 heterocycles. The van der Waals surface area contributed by atoms with Crippen LogP contribution < -0.4 is 10.9 Å². The Balaban J connectivity index is 1.80. The Morgan fingerprint density at radius 1 is 1.39 bits per heavy atom. The number of anilines is 1. The van der Waals surface area contributed by atoms with Crippen LogP contribution in [0.5, 0.6) is 0 Å². The van der Waals surface area contributed by atoms with E-state index in [0.29, 0.717) is 12.5 Å². The standard InChI is InChI=1S/C13H15N3O2/c17-12-10-5-1-2-6-11(10)15-13(16-12)14-8-9-4-3-7-18-9/h3-4,7H,1-2,5-6,8H2,(H2,14,15,16,17). The van der Waals surface area contributed by atoms with Crippen LogP contribution in [0.4, 0.5) is 5.95 Å². The second-order valence-electron chi connectivity index (χ2n) is 4.48. The Kier molecular flexibility index (Phi) is 2.88. The molecular weight excluding hydrogens is 230 g/mol. The minimum atomic E-state index is -0.0124. The molecule has 2 N–H and O–H groups in total. The van der Waals surface area contributed by atoms with Crippen LogP contribution in [0.2, 0.25) is 0 Å². The zero-order chi connectivity index (χ0) is 12.4. The number of aromatic amines is 1. The zero-order valence-corrected chi connectivity index (χ0v) is 10.0. The Morgan fingerprint density at radius 3 is 3.11 bits per heavy atom. The molecule has 18 heavy (non-hydrogen) atoms. The van der Waals surface area contributed by atoms with Crippen LogP contribution in [-0.4, -0.2) is 9.97 Å². The monoisotopic (exact) mass is 245 g/mol. The van der Waals surface area contributed by atoms with Crippen molar-refractivity contribution in [2.24, 2.45) is 0 Å². The number of aromatic nitrogens is 2. The molecule has 0 aliphatic heterocycles. The summed E-state index contributed by atoms with van der Waals surface area (Å²) < 4.78 is 5.22. The van der Waals surface area contributed by atoms with E-state index in [-0.39, 0.29) is 5.56 Å². The first-order valence-electron chi connectivity index (χ1n) is 6.21. The summed E-state index contributed by atoms with van der Waals surface area (Å²) in [6.07, 6.45) is 5.56. The number of nitrogens with one attached hydrogen (secondary N) is 2. The third-order valence-electron chi connectivity index (χ3n) is 3.20. The van der Waals surface area contributed by atoms with Crippen LogP contribution in [0.3, 0.4) is 0 Å². The molecule has 0 aromatic carbocycles. The second kappa shape index (κ2) is 4.68. The summed E-state index contributed by atoms with van der Waals surface area (Å²) in [6, 6.07) is 3.71. The molecule has 0 saturated carbocycles. The van der Waals surface area contributed by atoms with E-state index < -0.39 is 0 Å². The fourth-order valence-electron chi connectivity index (χ4n) is 2.27. The van der Waals surface area contributed by atoms with Crippen molar-refractivity contribution in [1.29, 1.82) is 0 Å². The lowest BCUT2D eigenvalue weighted by molar-refractivity contribution is 0.517. The van der Waals surface area contributed by atoms with E-state index in [1.165, 1.54) is 0 Å². The highest BCUT2D eigenvalue weighted by Crippen LogP contribution is 2.16. The predicted molar refractivity (Wildman–Crippen MR) is 67.5 cm³/mol. The van der Waals surface area contributed by atoms with E-state index in [0.717, 1.165) is 42.7 Å². The van der Waals surface area contributed by atoms with E-state index in [2.05, 4.69) is 15.3 Å². The molecule has 0 spiro atoms. The Labute approximate surface area is 104 Å². The zero-order valence-electron chi connectivity index (χ0n) is 10.0. The summed E-state index contributed by atoms with van der Waals surface area (Å²) in [7, 11) is 0. The molecule has 0 bridgehead atoms. The van der Waals surface area contributed by atoms with Gasteiger partial charge in [-0.25, -0.2) is 4.98 Å². The van der Waals surface area contributed by atoms with Crippen LogP contribution in [0.15, 0.2) is 27.6 Å². The number of rotatable bonds is 3. The van der Waals surface area contributed by atoms with Crippen molar-refractivity contribution in [1.82, 2.24) is 9.97 Å². The SMILES string of the molecule is O=c1[nH]c(NCc2ccco2)nc2c1CCCC2. The van der Waals surface area contributed by atoms with E-state index in [4.69, 9.17) is 4.42 Å². The lowest BCUT2D eigenvalue weighted by Gasteiger charge is -2.14. The number of nitrogens with zero attached hydrogens (tertiary/aromatic N) is 1. The minimum absolute atomic E-state index is 0.0124. The summed E-state index contributed by atoms with van der Waals surface area (Å²) in [5.41, 5.74) is 1.78. The topological polar surface area (TPSA) is 70.9 Å². The number of aryl methyl sites for hydroxylation is 1. The molecule has 0 amide bonds. The summed E-state index contributed by atoms with van der Waals surface area (Å²) in [4.78, 5) is 19.1. The van der Waals surface area contributed by atoms with Crippen molar-refractivity contribution in [3.63, 3.8) is 0 Å². The van der Waals surface area contributed by atoms with Gasteiger partial charge in [-0.2, -0.15) is 0 Å². The highest BCUT2D eigenvalue weighted by Gasteiger charge is 2.15. The van der Waals surface area contributed by atoms with E-state index in [9.17, 15) is 4.79 Å². The number of hydrogen-bond donors (Lipinski definition) is 2. The van der Waals surface area contributed by atoms with Gasteiger partial charge in [0.1, 0.15) is 5.76 Å². The molecule has 94 valence electrons. The second-order valence-corrected chi connectivity index (χ2v) is 4.48. The summed E-state index contributed by atoms with van der Waals surface area (Å²) in [6.45, 7) is 0.523. The van der Waals surface area contributed by atoms with Crippen molar-refractivity contribution in [3.05, 3.63) is 45.8 Å². The molecule has 2 aromatic heterocycles. The molecule has 2 aromatic rings. The quantitative estimate of drug-likeness (QED) is 0.865. The molecule has 1 aliphatic rings. The first-order valence-corrected chi connectivity index (χ1v) is 6.21. The van der Waals surface area contributed by atoms with Crippen molar-refractivity contribution >= 4 is 5.95 Å². The molecular formula is C13H15N3O2. The number of furan rings is 1. The van der Waals surface area contributed by atoms with Gasteiger partial charge in [-0.3, -0.25) is 9.78 Å². The molecule has 0 fully saturated rings. The average Bonchev–Trinajstić information content (AvgIpc) is 2.90. The summed E-state index contributed by atoms with van der Waals surface area (Å²) >= 11 is 0. The average molecular weight is 245 g/mol. The molecule has 0 saturated heterocycles. The Morgan fingerprint density at radius 2 is 2.28 bits per heavy atom. The highest BCUT2D eigenvalue weighted by molar-refractivity contribution is 5.31. The summed E-state index contributed by atoms with van der Waals surface area (Å²) in [5.74, 6) is 1.34. The maximum Gasteiger partial charge on any atom is 0.255 e. The van der Waals surface area contributed by atoms with Gasteiger partial charge in [0.25, 0.3) is 5.56 Å². The van der Waals surface area contributed by atoms with Crippen molar-refractivity contribution in [2.75, 3.05) is 5.32 Å². The third kappa shape index (κ3) is 2.16. The van der Waals surface area contributed by atoms with Crippen molar-refractivity contribution in [3.8, 4) is 0 Å². The largest absolute Gasteiger partial charge is 0.467 e. The maximum absolute atomic E-state index is 11.9. The molecule has 0 atom stereocenters. The van der Waals surface area contributed by atoms with Crippen LogP contribution >= 0.6 is 0 Å². The maximum atomic E-state index is 11.9. The molecule has 3 rings (SSSR count). The molecule has 5 nitrogen and oxygen atoms in total. The first kappa shape index (κ1) is 11.1. The van der Waals surface area contributed by atoms with Crippen LogP contribution in [-0.2, 0) is 19.4 Å². The number of fused-ring (bicyclic) bond motifs is 1. The minimum Gasteiger partial charge on any atom is -0.467 e. The van der Waals surface area contributed by atoms with Crippen LogP contribution in [0.25, 0.3) is 0 Å². The van der Waals surface area contributed by atoms with Gasteiger partial charge in [-0.05, 0) is 37.8 Å². The van der Waals surface area contributed by atoms with Crippen LogP contribution in [0.1, 0.15) is 29.9 Å². The van der Waals surface area contributed by atoms with Gasteiger partial charge in [0.2, 0.25) is 5.95 Å². The molecule has 0 radical (unpaired) electrons. The molecule has 0 unspecified atom stereocenters. The van der Waals surface area contributed by atoms with Crippen LogP contribution in [0, 0.1) is 0 Å². The van der Waals surface area contributed by atoms with E-state index in [1.807, 2.05) is 12.1 Å². The van der Waals surface area contributed by atoms with Gasteiger partial charge >= 0.3 is 0 Å². The van der Waals surface area contributed by atoms with Gasteiger partial charge in [0, 0.05) is 5.56 Å². The summed E-state index contributed by atoms with van der Waals surface area (Å²) in [5, 5.41) is 3.08. The predicted octanol–water partition coefficient (Wildman–Crippen LogP) is 1.85. The lowest BCUT2D eigenvalue weighted by Crippen LogP contribution is -2.22. The fraction of sp³-hybridized carbons (Fsp3) is 0.385. The molecule has 1 aliphatic carbocycles. The normalized spacial score (nSPS) is 14.2. The fourth-order valence-corrected chi connectivity index (χ4v) is 2.27. The van der Waals surface area contributed by atoms with Crippen molar-refractivity contribution in [2.45, 2.75) is 32.2 Å². The number of H-pyrrole nitrogens is 1. The van der Waals surface area contributed by atoms with E-state index in [1.54, 1.807) is 6.26 Å². The Bertz CT molecular complexity index is 587. The van der Waals surface area contributed by atoms with Crippen molar-refractivity contribution < 1.29 is 4.42 Å². The number of hydrogen-bond acceptors (Lipinski definition) is 4. The third-order valence-corrected chi connectivity index (χ3v) is 3.20. The first-order chi connectivity index (χ1) is 8.83. The highest BCUT2D eigenvalue weighted by atomic mass is 16.3. The van der Waals surface area contributed by atoms with Gasteiger partial charge in [0.05, 0.1) is 18.5 Å². The smallest absolute Gasteiger partial charge is 0.255 e. The lowest BCUT2D eigenvalue weighted by atomic mass is 9.97. The van der Waals surface area contributed by atoms with Gasteiger partial charge in [-0.15, -0.1) is 0 Å². The van der Waals surface area contributed by atoms with Gasteiger partial charge in [-0.1, -0.05) is 0 Å². The van der Waals surface area contributed by atoms with Gasteiger partial charge < -0.3 is 9.73 Å².